The van der Waals surface area contributed by atoms with Gasteiger partial charge in [0.05, 0.1) is 5.56 Å². The van der Waals surface area contributed by atoms with Crippen LogP contribution in [-0.2, 0) is 6.18 Å². The van der Waals surface area contributed by atoms with E-state index in [0.717, 1.165) is 0 Å². The average Bonchev–Trinajstić information content (AvgIpc) is 2.01. The minimum absolute atomic E-state index is 0.112. The lowest BCUT2D eigenvalue weighted by molar-refractivity contribution is -0.138. The average molecular weight is 296 g/mol. The predicted molar refractivity (Wildman–Crippen MR) is 52.1 cm³/mol. The summed E-state index contributed by atoms with van der Waals surface area (Å²) >= 11 is 1.62. The smallest absolute Gasteiger partial charge is 0.166 e. The van der Waals surface area contributed by atoms with Gasteiger partial charge in [-0.2, -0.15) is 13.2 Å². The number of hydrogen-bond donors (Lipinski definition) is 0. The van der Waals surface area contributed by atoms with E-state index in [2.05, 4.69) is 0 Å². The summed E-state index contributed by atoms with van der Waals surface area (Å²) < 4.78 is 37.3. The maximum Gasteiger partial charge on any atom is 0.418 e. The zero-order valence-electron chi connectivity index (χ0n) is 6.32. The highest BCUT2D eigenvalue weighted by Crippen LogP contribution is 2.34. The number of alkyl halides is 3. The van der Waals surface area contributed by atoms with Crippen LogP contribution < -0.4 is 0 Å². The highest BCUT2D eigenvalue weighted by atomic mass is 127. The number of terminal acetylenes is 1. The molecule has 0 fully saturated rings. The van der Waals surface area contributed by atoms with Gasteiger partial charge in [-0.3, -0.25) is 0 Å². The molecule has 0 spiro atoms. The van der Waals surface area contributed by atoms with Crippen molar-refractivity contribution in [1.82, 2.24) is 0 Å². The van der Waals surface area contributed by atoms with Crippen molar-refractivity contribution in [2.75, 3.05) is 0 Å². The van der Waals surface area contributed by atoms with E-state index in [9.17, 15) is 13.2 Å². The van der Waals surface area contributed by atoms with Crippen LogP contribution in [0.2, 0.25) is 0 Å². The molecule has 0 unspecified atom stereocenters. The summed E-state index contributed by atoms with van der Waals surface area (Å²) in [5, 5.41) is 0. The van der Waals surface area contributed by atoms with Gasteiger partial charge in [0, 0.05) is 9.13 Å². The van der Waals surface area contributed by atoms with Gasteiger partial charge in [0.1, 0.15) is 0 Å². The van der Waals surface area contributed by atoms with E-state index in [1.165, 1.54) is 18.2 Å². The standard InChI is InChI=1S/C9H4F3I/c1-2-6-4-3-5-7(13)8(6)9(10,11)12/h1,3-5H. The normalized spacial score (nSPS) is 11.0. The van der Waals surface area contributed by atoms with Gasteiger partial charge in [-0.25, -0.2) is 0 Å². The van der Waals surface area contributed by atoms with Crippen LogP contribution in [0.4, 0.5) is 13.2 Å². The molecular formula is C9H4F3I. The van der Waals surface area contributed by atoms with Crippen LogP contribution in [0.25, 0.3) is 0 Å². The zero-order valence-corrected chi connectivity index (χ0v) is 8.48. The molecule has 1 rings (SSSR count). The summed E-state index contributed by atoms with van der Waals surface area (Å²) in [6.45, 7) is 0. The molecule has 0 saturated carbocycles. The van der Waals surface area contributed by atoms with Crippen molar-refractivity contribution in [2.24, 2.45) is 0 Å². The topological polar surface area (TPSA) is 0 Å². The molecule has 0 saturated heterocycles. The second-order valence-electron chi connectivity index (χ2n) is 2.30. The molecule has 13 heavy (non-hydrogen) atoms. The third kappa shape index (κ3) is 2.15. The molecular weight excluding hydrogens is 292 g/mol. The predicted octanol–water partition coefficient (Wildman–Crippen LogP) is 3.29. The lowest BCUT2D eigenvalue weighted by Gasteiger charge is -2.10. The SMILES string of the molecule is C#Cc1cccc(I)c1C(F)(F)F. The van der Waals surface area contributed by atoms with Crippen LogP contribution in [0.5, 0.6) is 0 Å². The van der Waals surface area contributed by atoms with E-state index in [4.69, 9.17) is 6.42 Å². The van der Waals surface area contributed by atoms with E-state index in [0.29, 0.717) is 0 Å². The quantitative estimate of drug-likeness (QED) is 0.509. The summed E-state index contributed by atoms with van der Waals surface area (Å²) in [5.74, 6) is 2.02. The Labute approximate surface area is 87.3 Å². The second-order valence-corrected chi connectivity index (χ2v) is 3.47. The van der Waals surface area contributed by atoms with Gasteiger partial charge < -0.3 is 0 Å². The van der Waals surface area contributed by atoms with E-state index in [1.54, 1.807) is 22.6 Å². The minimum atomic E-state index is -4.38. The van der Waals surface area contributed by atoms with Gasteiger partial charge in [0.15, 0.2) is 0 Å². The minimum Gasteiger partial charge on any atom is -0.166 e. The van der Waals surface area contributed by atoms with Crippen LogP contribution in [-0.4, -0.2) is 0 Å². The Hall–Kier alpha value is -0.700. The molecule has 0 atom stereocenters. The monoisotopic (exact) mass is 296 g/mol. The van der Waals surface area contributed by atoms with Crippen molar-refractivity contribution >= 4 is 22.6 Å². The van der Waals surface area contributed by atoms with Crippen LogP contribution >= 0.6 is 22.6 Å². The van der Waals surface area contributed by atoms with Crippen molar-refractivity contribution in [3.05, 3.63) is 32.9 Å². The molecule has 0 aliphatic heterocycles. The Morgan fingerprint density at radius 2 is 1.92 bits per heavy atom. The summed E-state index contributed by atoms with van der Waals surface area (Å²) in [6, 6.07) is 4.17. The number of halogens is 4. The molecule has 0 bridgehead atoms. The van der Waals surface area contributed by atoms with E-state index >= 15 is 0 Å². The van der Waals surface area contributed by atoms with Crippen molar-refractivity contribution in [2.45, 2.75) is 6.18 Å². The molecule has 1 aromatic carbocycles. The molecule has 0 nitrogen and oxygen atoms in total. The number of benzene rings is 1. The van der Waals surface area contributed by atoms with Gasteiger partial charge in [-0.05, 0) is 34.7 Å². The first-order valence-electron chi connectivity index (χ1n) is 3.29. The van der Waals surface area contributed by atoms with Gasteiger partial charge in [-0.1, -0.05) is 12.0 Å². The first kappa shape index (κ1) is 10.4. The Bertz CT molecular complexity index is 360. The lowest BCUT2D eigenvalue weighted by Crippen LogP contribution is -2.10. The van der Waals surface area contributed by atoms with E-state index < -0.39 is 11.7 Å². The van der Waals surface area contributed by atoms with Crippen LogP contribution in [0.3, 0.4) is 0 Å². The Morgan fingerprint density at radius 1 is 1.31 bits per heavy atom. The molecule has 0 aromatic heterocycles. The van der Waals surface area contributed by atoms with Crippen molar-refractivity contribution in [1.29, 1.82) is 0 Å². The number of rotatable bonds is 0. The fraction of sp³-hybridized carbons (Fsp3) is 0.111. The molecule has 0 aliphatic rings. The summed E-state index contributed by atoms with van der Waals surface area (Å²) in [5.41, 5.74) is -0.836. The highest BCUT2D eigenvalue weighted by molar-refractivity contribution is 14.1. The molecule has 0 aliphatic carbocycles. The molecule has 0 N–H and O–H groups in total. The maximum atomic E-state index is 12.4. The van der Waals surface area contributed by atoms with Crippen LogP contribution in [0.15, 0.2) is 18.2 Å². The molecule has 0 heterocycles. The van der Waals surface area contributed by atoms with Crippen molar-refractivity contribution < 1.29 is 13.2 Å². The summed E-state index contributed by atoms with van der Waals surface area (Å²) in [6.07, 6.45) is 0.587. The van der Waals surface area contributed by atoms with E-state index in [1.807, 2.05) is 5.92 Å². The first-order valence-corrected chi connectivity index (χ1v) is 4.37. The van der Waals surface area contributed by atoms with Gasteiger partial charge in [0.25, 0.3) is 0 Å². The van der Waals surface area contributed by atoms with Crippen molar-refractivity contribution in [3.63, 3.8) is 0 Å². The Morgan fingerprint density at radius 3 is 2.31 bits per heavy atom. The molecule has 0 amide bonds. The number of hydrogen-bond acceptors (Lipinski definition) is 0. The molecule has 1 aromatic rings. The van der Waals surface area contributed by atoms with Crippen LogP contribution in [0, 0.1) is 15.9 Å². The maximum absolute atomic E-state index is 12.4. The van der Waals surface area contributed by atoms with Crippen molar-refractivity contribution in [3.8, 4) is 12.3 Å². The first-order chi connectivity index (χ1) is 5.96. The lowest BCUT2D eigenvalue weighted by atomic mass is 10.1. The van der Waals surface area contributed by atoms with E-state index in [-0.39, 0.29) is 9.13 Å². The van der Waals surface area contributed by atoms with Gasteiger partial charge in [-0.15, -0.1) is 6.42 Å². The van der Waals surface area contributed by atoms with Crippen LogP contribution in [0.1, 0.15) is 11.1 Å². The molecule has 0 radical (unpaired) electrons. The molecule has 68 valence electrons. The largest absolute Gasteiger partial charge is 0.418 e. The zero-order chi connectivity index (χ0) is 10.1. The fourth-order valence-electron chi connectivity index (χ4n) is 0.933. The third-order valence-electron chi connectivity index (χ3n) is 1.45. The Balaban J connectivity index is 3.43. The fourth-order valence-corrected chi connectivity index (χ4v) is 1.74. The molecule has 4 heteroatoms. The Kier molecular flexibility index (Phi) is 2.86. The summed E-state index contributed by atoms with van der Waals surface area (Å²) in [7, 11) is 0. The van der Waals surface area contributed by atoms with Gasteiger partial charge >= 0.3 is 6.18 Å². The third-order valence-corrected chi connectivity index (χ3v) is 2.35. The summed E-state index contributed by atoms with van der Waals surface area (Å²) in [4.78, 5) is 0. The second kappa shape index (κ2) is 3.58. The van der Waals surface area contributed by atoms with Gasteiger partial charge in [0.2, 0.25) is 0 Å². The highest BCUT2D eigenvalue weighted by Gasteiger charge is 2.35.